The van der Waals surface area contributed by atoms with E-state index in [0.717, 1.165) is 32.3 Å². The second-order valence-electron chi connectivity index (χ2n) is 4.80. The highest BCUT2D eigenvalue weighted by atomic mass is 16.5. The van der Waals surface area contributed by atoms with Gasteiger partial charge in [-0.05, 0) is 25.7 Å². The van der Waals surface area contributed by atoms with Crippen LogP contribution in [0.2, 0.25) is 0 Å². The molecule has 2 fully saturated rings. The molecule has 16 heavy (non-hydrogen) atoms. The van der Waals surface area contributed by atoms with Crippen molar-refractivity contribution in [2.75, 3.05) is 13.2 Å². The van der Waals surface area contributed by atoms with Crippen LogP contribution in [0.1, 0.15) is 49.9 Å². The predicted molar refractivity (Wildman–Crippen MR) is 56.8 cm³/mol. The lowest BCUT2D eigenvalue weighted by molar-refractivity contribution is 0.102. The van der Waals surface area contributed by atoms with Crippen molar-refractivity contribution in [1.29, 1.82) is 0 Å². The normalized spacial score (nSPS) is 27.9. The zero-order chi connectivity index (χ0) is 11.0. The summed E-state index contributed by atoms with van der Waals surface area (Å²) in [4.78, 5) is 4.47. The van der Waals surface area contributed by atoms with Gasteiger partial charge in [0.05, 0.1) is 5.41 Å². The van der Waals surface area contributed by atoms with Crippen LogP contribution >= 0.6 is 0 Å². The van der Waals surface area contributed by atoms with Gasteiger partial charge >= 0.3 is 0 Å². The summed E-state index contributed by atoms with van der Waals surface area (Å²) in [5.41, 5.74) is 5.77. The molecule has 2 aliphatic rings. The Kier molecular flexibility index (Phi) is 2.44. The summed E-state index contributed by atoms with van der Waals surface area (Å²) in [7, 11) is 0. The van der Waals surface area contributed by atoms with E-state index in [2.05, 4.69) is 10.1 Å². The summed E-state index contributed by atoms with van der Waals surface area (Å²) in [5.74, 6) is 1.42. The molecule has 5 nitrogen and oxygen atoms in total. The third-order valence-electron chi connectivity index (χ3n) is 3.81. The average Bonchev–Trinajstić information content (AvgIpc) is 2.86. The van der Waals surface area contributed by atoms with Gasteiger partial charge in [0.1, 0.15) is 6.10 Å². The van der Waals surface area contributed by atoms with E-state index in [-0.39, 0.29) is 11.5 Å². The van der Waals surface area contributed by atoms with E-state index in [1.165, 1.54) is 6.42 Å². The molecule has 0 aromatic carbocycles. The molecule has 5 heteroatoms. The first kappa shape index (κ1) is 10.2. The van der Waals surface area contributed by atoms with Gasteiger partial charge in [-0.3, -0.25) is 0 Å². The molecule has 88 valence electrons. The van der Waals surface area contributed by atoms with E-state index in [0.29, 0.717) is 18.3 Å². The van der Waals surface area contributed by atoms with Gasteiger partial charge in [0, 0.05) is 13.2 Å². The number of rotatable bonds is 3. The smallest absolute Gasteiger partial charge is 0.234 e. The SMILES string of the molecule is NCC1(c2nc(C3CCCO3)no2)CCC1. The fourth-order valence-corrected chi connectivity index (χ4v) is 2.47. The molecule has 0 amide bonds. The van der Waals surface area contributed by atoms with Crippen molar-refractivity contribution in [3.63, 3.8) is 0 Å². The fraction of sp³-hybridized carbons (Fsp3) is 0.818. The van der Waals surface area contributed by atoms with Crippen LogP contribution in [0.4, 0.5) is 0 Å². The molecule has 0 radical (unpaired) electrons. The summed E-state index contributed by atoms with van der Waals surface area (Å²) in [5, 5.41) is 4.03. The molecule has 1 unspecified atom stereocenters. The molecular formula is C11H17N3O2. The number of hydrogen-bond donors (Lipinski definition) is 1. The maximum absolute atomic E-state index is 5.80. The number of hydrogen-bond acceptors (Lipinski definition) is 5. The van der Waals surface area contributed by atoms with Crippen LogP contribution in [0, 0.1) is 0 Å². The summed E-state index contributed by atoms with van der Waals surface area (Å²) in [6, 6.07) is 0. The van der Waals surface area contributed by atoms with Gasteiger partial charge in [-0.2, -0.15) is 4.98 Å². The minimum Gasteiger partial charge on any atom is -0.370 e. The van der Waals surface area contributed by atoms with Crippen molar-refractivity contribution < 1.29 is 9.26 Å². The van der Waals surface area contributed by atoms with Crippen molar-refractivity contribution in [2.45, 2.75) is 43.6 Å². The van der Waals surface area contributed by atoms with Crippen LogP contribution in [0.5, 0.6) is 0 Å². The van der Waals surface area contributed by atoms with Gasteiger partial charge in [0.25, 0.3) is 0 Å². The van der Waals surface area contributed by atoms with Crippen molar-refractivity contribution in [3.05, 3.63) is 11.7 Å². The van der Waals surface area contributed by atoms with E-state index in [1.807, 2.05) is 0 Å². The lowest BCUT2D eigenvalue weighted by atomic mass is 9.69. The van der Waals surface area contributed by atoms with Gasteiger partial charge < -0.3 is 15.0 Å². The first-order chi connectivity index (χ1) is 7.84. The number of aromatic nitrogens is 2. The Labute approximate surface area is 94.3 Å². The van der Waals surface area contributed by atoms with Crippen molar-refractivity contribution in [2.24, 2.45) is 5.73 Å². The molecule has 2 N–H and O–H groups in total. The number of ether oxygens (including phenoxy) is 1. The molecule has 1 aliphatic heterocycles. The highest BCUT2D eigenvalue weighted by Gasteiger charge is 2.43. The highest BCUT2D eigenvalue weighted by molar-refractivity contribution is 5.12. The molecule has 1 atom stereocenters. The summed E-state index contributed by atoms with van der Waals surface area (Å²) >= 11 is 0. The zero-order valence-electron chi connectivity index (χ0n) is 9.32. The van der Waals surface area contributed by atoms with E-state index < -0.39 is 0 Å². The lowest BCUT2D eigenvalue weighted by Gasteiger charge is -2.36. The van der Waals surface area contributed by atoms with Crippen molar-refractivity contribution in [3.8, 4) is 0 Å². The van der Waals surface area contributed by atoms with Crippen LogP contribution in [-0.4, -0.2) is 23.3 Å². The number of nitrogens with zero attached hydrogens (tertiary/aromatic N) is 2. The molecule has 0 spiro atoms. The third kappa shape index (κ3) is 1.46. The van der Waals surface area contributed by atoms with E-state index in [1.54, 1.807) is 0 Å². The second-order valence-corrected chi connectivity index (χ2v) is 4.80. The predicted octanol–water partition coefficient (Wildman–Crippen LogP) is 1.30. The summed E-state index contributed by atoms with van der Waals surface area (Å²) in [6.45, 7) is 1.40. The lowest BCUT2D eigenvalue weighted by Crippen LogP contribution is -2.41. The maximum atomic E-state index is 5.80. The van der Waals surface area contributed by atoms with Gasteiger partial charge in [-0.15, -0.1) is 0 Å². The average molecular weight is 223 g/mol. The first-order valence-corrected chi connectivity index (χ1v) is 6.00. The topological polar surface area (TPSA) is 74.2 Å². The van der Waals surface area contributed by atoms with Gasteiger partial charge in [0.2, 0.25) is 11.7 Å². The molecular weight excluding hydrogens is 206 g/mol. The Morgan fingerprint density at radius 2 is 2.25 bits per heavy atom. The first-order valence-electron chi connectivity index (χ1n) is 6.00. The largest absolute Gasteiger partial charge is 0.370 e. The Hall–Kier alpha value is -0.940. The summed E-state index contributed by atoms with van der Waals surface area (Å²) in [6.07, 6.45) is 5.44. The van der Waals surface area contributed by atoms with Crippen LogP contribution in [0.25, 0.3) is 0 Å². The second kappa shape index (κ2) is 3.82. The molecule has 1 aromatic rings. The third-order valence-corrected chi connectivity index (χ3v) is 3.81. The van der Waals surface area contributed by atoms with Gasteiger partial charge in [-0.1, -0.05) is 11.6 Å². The number of nitrogens with two attached hydrogens (primary N) is 1. The van der Waals surface area contributed by atoms with Crippen LogP contribution < -0.4 is 5.73 Å². The monoisotopic (exact) mass is 223 g/mol. The van der Waals surface area contributed by atoms with E-state index in [9.17, 15) is 0 Å². The minimum absolute atomic E-state index is 0.0346. The Bertz CT molecular complexity index is 362. The van der Waals surface area contributed by atoms with Crippen LogP contribution in [0.3, 0.4) is 0 Å². The van der Waals surface area contributed by atoms with Crippen molar-refractivity contribution >= 4 is 0 Å². The van der Waals surface area contributed by atoms with E-state index >= 15 is 0 Å². The Morgan fingerprint density at radius 1 is 1.38 bits per heavy atom. The molecule has 1 aliphatic carbocycles. The standard InChI is InChI=1S/C11H17N3O2/c12-7-11(4-2-5-11)10-13-9(14-16-10)8-3-1-6-15-8/h8H,1-7,12H2. The Balaban J connectivity index is 1.81. The molecule has 0 bridgehead atoms. The van der Waals surface area contributed by atoms with Crippen molar-refractivity contribution in [1.82, 2.24) is 10.1 Å². The summed E-state index contributed by atoms with van der Waals surface area (Å²) < 4.78 is 10.9. The Morgan fingerprint density at radius 3 is 2.81 bits per heavy atom. The van der Waals surface area contributed by atoms with Crippen LogP contribution in [0.15, 0.2) is 4.52 Å². The van der Waals surface area contributed by atoms with Gasteiger partial charge in [0.15, 0.2) is 0 Å². The maximum Gasteiger partial charge on any atom is 0.234 e. The van der Waals surface area contributed by atoms with Gasteiger partial charge in [-0.25, -0.2) is 0 Å². The molecule has 1 saturated carbocycles. The zero-order valence-corrected chi connectivity index (χ0v) is 9.32. The highest BCUT2D eigenvalue weighted by Crippen LogP contribution is 2.42. The van der Waals surface area contributed by atoms with Crippen LogP contribution in [-0.2, 0) is 10.2 Å². The molecule has 3 rings (SSSR count). The molecule has 1 aromatic heterocycles. The minimum atomic E-state index is -0.0378. The quantitative estimate of drug-likeness (QED) is 0.836. The van der Waals surface area contributed by atoms with E-state index in [4.69, 9.17) is 15.0 Å². The fourth-order valence-electron chi connectivity index (χ4n) is 2.47. The molecule has 2 heterocycles. The molecule has 1 saturated heterocycles.